The fraction of sp³-hybridized carbons (Fsp3) is 0.929. The third-order valence-electron chi connectivity index (χ3n) is 16.5. The highest BCUT2D eigenvalue weighted by Crippen LogP contribution is 2.19. The van der Waals surface area contributed by atoms with Crippen LogP contribution in [0.5, 0.6) is 0 Å². The second-order valence-electron chi connectivity index (χ2n) is 24.1. The summed E-state index contributed by atoms with van der Waals surface area (Å²) in [5.41, 5.74) is 0. The van der Waals surface area contributed by atoms with Crippen molar-refractivity contribution in [3.8, 4) is 0 Å². The van der Waals surface area contributed by atoms with Crippen LogP contribution in [0.15, 0.2) is 24.3 Å². The maximum atomic E-state index is 12.6. The Morgan fingerprint density at radius 3 is 0.840 bits per heavy atom. The van der Waals surface area contributed by atoms with Gasteiger partial charge in [-0.15, -0.1) is 0 Å². The first-order valence-electron chi connectivity index (χ1n) is 34.6. The molecule has 0 aliphatic rings. The van der Waals surface area contributed by atoms with Gasteiger partial charge in [0.1, 0.15) is 0 Å². The number of hydrogen-bond donors (Lipinski definition) is 4. The molecule has 1 amide bonds. The van der Waals surface area contributed by atoms with Gasteiger partial charge in [-0.3, -0.25) is 4.79 Å². The first-order chi connectivity index (χ1) is 37.0. The van der Waals surface area contributed by atoms with Gasteiger partial charge in [0.25, 0.3) is 0 Å². The van der Waals surface area contributed by atoms with E-state index in [1.807, 2.05) is 0 Å². The highest BCUT2D eigenvalue weighted by Gasteiger charge is 2.21. The summed E-state index contributed by atoms with van der Waals surface area (Å²) < 4.78 is 0. The van der Waals surface area contributed by atoms with Gasteiger partial charge in [-0.25, -0.2) is 0 Å². The molecule has 0 aliphatic carbocycles. The Morgan fingerprint density at radius 1 is 0.333 bits per heavy atom. The number of amides is 1. The second-order valence-corrected chi connectivity index (χ2v) is 24.1. The highest BCUT2D eigenvalue weighted by molar-refractivity contribution is 5.76. The molecule has 5 heteroatoms. The van der Waals surface area contributed by atoms with Gasteiger partial charge in [-0.05, 0) is 44.9 Å². The average Bonchev–Trinajstić information content (AvgIpc) is 3.41. The molecule has 0 saturated carbocycles. The quantitative estimate of drug-likeness (QED) is 0.0361. The molecule has 0 aliphatic heterocycles. The van der Waals surface area contributed by atoms with Gasteiger partial charge in [-0.1, -0.05) is 366 Å². The minimum Gasteiger partial charge on any atom is -0.394 e. The van der Waals surface area contributed by atoms with Gasteiger partial charge in [0.15, 0.2) is 0 Å². The lowest BCUT2D eigenvalue weighted by atomic mass is 10.0. The van der Waals surface area contributed by atoms with E-state index in [4.69, 9.17) is 0 Å². The SMILES string of the molecule is CCCCCCCCCCCCCCC/C=C\C/C=C\CCCCCCCCCCCCCCCCCC(O)CC(=O)NC(CO)C(O)CCCCCCCCCCCCCCCCCCCCCCCCCCC. The summed E-state index contributed by atoms with van der Waals surface area (Å²) in [6.07, 6.45) is 85.4. The van der Waals surface area contributed by atoms with Gasteiger partial charge < -0.3 is 20.6 Å². The van der Waals surface area contributed by atoms with Gasteiger partial charge in [-0.2, -0.15) is 0 Å². The van der Waals surface area contributed by atoms with Gasteiger partial charge in [0.2, 0.25) is 5.91 Å². The fourth-order valence-corrected chi connectivity index (χ4v) is 11.3. The van der Waals surface area contributed by atoms with Crippen LogP contribution in [-0.2, 0) is 4.79 Å². The number of allylic oxidation sites excluding steroid dienone is 4. The van der Waals surface area contributed by atoms with Crippen LogP contribution in [0.4, 0.5) is 0 Å². The molecule has 5 nitrogen and oxygen atoms in total. The zero-order valence-electron chi connectivity index (χ0n) is 51.2. The number of aliphatic hydroxyl groups is 3. The largest absolute Gasteiger partial charge is 0.394 e. The van der Waals surface area contributed by atoms with Crippen molar-refractivity contribution in [1.82, 2.24) is 5.32 Å². The van der Waals surface area contributed by atoms with E-state index >= 15 is 0 Å². The van der Waals surface area contributed by atoms with Crippen molar-refractivity contribution in [3.63, 3.8) is 0 Å². The molecule has 0 aromatic carbocycles. The highest BCUT2D eigenvalue weighted by atomic mass is 16.3. The van der Waals surface area contributed by atoms with E-state index in [2.05, 4.69) is 43.5 Å². The molecule has 0 radical (unpaired) electrons. The van der Waals surface area contributed by atoms with Crippen molar-refractivity contribution in [2.75, 3.05) is 6.61 Å². The van der Waals surface area contributed by atoms with Crippen LogP contribution < -0.4 is 5.32 Å². The van der Waals surface area contributed by atoms with Crippen LogP contribution in [-0.4, -0.2) is 46.1 Å². The average molecular weight is 1060 g/mol. The van der Waals surface area contributed by atoms with Crippen molar-refractivity contribution in [2.45, 2.75) is 411 Å². The molecule has 0 aromatic heterocycles. The number of unbranched alkanes of at least 4 members (excludes halogenated alkanes) is 52. The Kier molecular flexibility index (Phi) is 64.3. The third kappa shape index (κ3) is 61.9. The molecule has 0 aromatic rings. The minimum atomic E-state index is -0.750. The van der Waals surface area contributed by atoms with E-state index in [-0.39, 0.29) is 18.9 Å². The van der Waals surface area contributed by atoms with E-state index in [0.29, 0.717) is 12.8 Å². The monoisotopic (exact) mass is 1060 g/mol. The molecule has 446 valence electrons. The van der Waals surface area contributed by atoms with Gasteiger partial charge >= 0.3 is 0 Å². The van der Waals surface area contributed by atoms with E-state index in [0.717, 1.165) is 32.1 Å². The molecule has 0 rings (SSSR count). The first-order valence-corrected chi connectivity index (χ1v) is 34.6. The Balaban J connectivity index is 3.46. The van der Waals surface area contributed by atoms with E-state index < -0.39 is 18.2 Å². The summed E-state index contributed by atoms with van der Waals surface area (Å²) >= 11 is 0. The summed E-state index contributed by atoms with van der Waals surface area (Å²) in [5, 5.41) is 33.8. The number of aliphatic hydroxyl groups excluding tert-OH is 3. The van der Waals surface area contributed by atoms with Gasteiger partial charge in [0, 0.05) is 0 Å². The Hall–Kier alpha value is -1.17. The molecule has 3 unspecified atom stereocenters. The summed E-state index contributed by atoms with van der Waals surface area (Å²) in [6.45, 7) is 4.32. The van der Waals surface area contributed by atoms with Crippen molar-refractivity contribution in [1.29, 1.82) is 0 Å². The summed E-state index contributed by atoms with van der Waals surface area (Å²) in [6, 6.07) is -0.659. The van der Waals surface area contributed by atoms with Crippen molar-refractivity contribution in [3.05, 3.63) is 24.3 Å². The standard InChI is InChI=1S/C70H137NO4/c1-3-5-7-9-11-13-15-17-19-21-23-25-27-29-30-31-32-33-34-35-36-37-38-40-41-43-45-47-49-51-53-55-57-59-61-63-67(73)65-70(75)71-68(66-72)69(74)64-62-60-58-56-54-52-50-48-46-44-42-39-28-26-24-22-20-18-16-14-12-10-8-6-4-2/h30-31,33-34,67-69,72-74H,3-29,32,35-66H2,1-2H3,(H,71,75)/b31-30-,34-33-. The number of hydrogen-bond acceptors (Lipinski definition) is 4. The molecule has 0 saturated heterocycles. The Labute approximate surface area is 471 Å². The number of rotatable bonds is 65. The zero-order valence-corrected chi connectivity index (χ0v) is 51.2. The molecule has 0 bridgehead atoms. The molecule has 0 heterocycles. The van der Waals surface area contributed by atoms with Crippen molar-refractivity contribution >= 4 is 5.91 Å². The lowest BCUT2D eigenvalue weighted by Crippen LogP contribution is -2.46. The van der Waals surface area contributed by atoms with E-state index in [9.17, 15) is 20.1 Å². The fourth-order valence-electron chi connectivity index (χ4n) is 11.3. The lowest BCUT2D eigenvalue weighted by Gasteiger charge is -2.23. The Bertz CT molecular complexity index is 1120. The lowest BCUT2D eigenvalue weighted by molar-refractivity contribution is -0.125. The smallest absolute Gasteiger partial charge is 0.222 e. The third-order valence-corrected chi connectivity index (χ3v) is 16.5. The summed E-state index contributed by atoms with van der Waals surface area (Å²) in [4.78, 5) is 12.6. The van der Waals surface area contributed by atoms with E-state index in [1.165, 1.54) is 327 Å². The molecule has 75 heavy (non-hydrogen) atoms. The minimum absolute atomic E-state index is 0.0398. The number of nitrogens with one attached hydrogen (secondary N) is 1. The molecule has 4 N–H and O–H groups in total. The molecular weight excluding hydrogens is 919 g/mol. The van der Waals surface area contributed by atoms with E-state index in [1.54, 1.807) is 0 Å². The topological polar surface area (TPSA) is 89.8 Å². The summed E-state index contributed by atoms with van der Waals surface area (Å²) in [7, 11) is 0. The van der Waals surface area contributed by atoms with Crippen LogP contribution in [0.3, 0.4) is 0 Å². The second kappa shape index (κ2) is 65.3. The maximum Gasteiger partial charge on any atom is 0.222 e. The van der Waals surface area contributed by atoms with Crippen LogP contribution in [0.2, 0.25) is 0 Å². The van der Waals surface area contributed by atoms with Crippen LogP contribution in [0.25, 0.3) is 0 Å². The van der Waals surface area contributed by atoms with Crippen LogP contribution in [0.1, 0.15) is 393 Å². The number of carbonyl (C=O) groups is 1. The molecule has 0 fully saturated rings. The number of carbonyl (C=O) groups excluding carboxylic acids is 1. The maximum absolute atomic E-state index is 12.6. The molecule has 0 spiro atoms. The van der Waals surface area contributed by atoms with Crippen molar-refractivity contribution < 1.29 is 20.1 Å². The predicted molar refractivity (Wildman–Crippen MR) is 333 cm³/mol. The van der Waals surface area contributed by atoms with Crippen molar-refractivity contribution in [2.24, 2.45) is 0 Å². The molecular formula is C70H137NO4. The predicted octanol–water partition coefficient (Wildman–Crippen LogP) is 22.4. The first kappa shape index (κ1) is 73.8. The van der Waals surface area contributed by atoms with Crippen LogP contribution in [0, 0.1) is 0 Å². The normalized spacial score (nSPS) is 13.2. The Morgan fingerprint density at radius 2 is 0.573 bits per heavy atom. The van der Waals surface area contributed by atoms with Crippen LogP contribution >= 0.6 is 0 Å². The zero-order chi connectivity index (χ0) is 54.3. The van der Waals surface area contributed by atoms with Gasteiger partial charge in [0.05, 0.1) is 31.3 Å². The summed E-state index contributed by atoms with van der Waals surface area (Å²) in [5.74, 6) is -0.275. The molecule has 3 atom stereocenters.